The summed E-state index contributed by atoms with van der Waals surface area (Å²) in [6.07, 6.45) is 2.67. The topological polar surface area (TPSA) is 52.5 Å². The average Bonchev–Trinajstić information content (AvgIpc) is 2.29. The molecule has 94 valence electrons. The van der Waals surface area contributed by atoms with E-state index in [1.165, 1.54) is 0 Å². The van der Waals surface area contributed by atoms with Crippen LogP contribution in [0.15, 0.2) is 24.3 Å². The lowest BCUT2D eigenvalue weighted by Crippen LogP contribution is -2.37. The lowest BCUT2D eigenvalue weighted by atomic mass is 9.82. The van der Waals surface area contributed by atoms with Gasteiger partial charge in [0.05, 0.1) is 6.10 Å². The van der Waals surface area contributed by atoms with Crippen molar-refractivity contribution >= 4 is 0 Å². The van der Waals surface area contributed by atoms with Crippen LogP contribution in [-0.2, 0) is 0 Å². The summed E-state index contributed by atoms with van der Waals surface area (Å²) in [5.74, 6) is 0.949. The summed E-state index contributed by atoms with van der Waals surface area (Å²) in [6, 6.07) is 7.69. The first-order valence-electron chi connectivity index (χ1n) is 6.40. The summed E-state index contributed by atoms with van der Waals surface area (Å²) >= 11 is 0. The van der Waals surface area contributed by atoms with Gasteiger partial charge in [-0.2, -0.15) is 0 Å². The smallest absolute Gasteiger partial charge is 0.120 e. The molecule has 0 aromatic heterocycles. The molecule has 3 N–H and O–H groups in total. The number of aliphatic hydroxyl groups excluding tert-OH is 1. The highest BCUT2D eigenvalue weighted by molar-refractivity contribution is 5.34. The van der Waals surface area contributed by atoms with Gasteiger partial charge < -0.3 is 15.5 Å². The third kappa shape index (κ3) is 2.99. The van der Waals surface area contributed by atoms with Gasteiger partial charge >= 0.3 is 0 Å². The number of hydrogen-bond donors (Lipinski definition) is 3. The molecule has 1 aliphatic carbocycles. The Morgan fingerprint density at radius 3 is 2.65 bits per heavy atom. The molecule has 1 aromatic rings. The van der Waals surface area contributed by atoms with Crippen molar-refractivity contribution in [2.45, 2.75) is 38.3 Å². The van der Waals surface area contributed by atoms with Crippen molar-refractivity contribution in [1.29, 1.82) is 0 Å². The zero-order chi connectivity index (χ0) is 12.3. The quantitative estimate of drug-likeness (QED) is 0.733. The van der Waals surface area contributed by atoms with E-state index in [0.717, 1.165) is 31.4 Å². The highest BCUT2D eigenvalue weighted by atomic mass is 16.3. The summed E-state index contributed by atoms with van der Waals surface area (Å²) in [7, 11) is 0. The summed E-state index contributed by atoms with van der Waals surface area (Å²) in [5, 5.41) is 22.5. The molecule has 0 bridgehead atoms. The zero-order valence-corrected chi connectivity index (χ0v) is 10.3. The van der Waals surface area contributed by atoms with E-state index in [2.05, 4.69) is 12.2 Å². The first kappa shape index (κ1) is 12.4. The summed E-state index contributed by atoms with van der Waals surface area (Å²) in [6.45, 7) is 3.03. The summed E-state index contributed by atoms with van der Waals surface area (Å²) in [4.78, 5) is 0. The molecule has 1 aliphatic rings. The maximum Gasteiger partial charge on any atom is 0.120 e. The van der Waals surface area contributed by atoms with Gasteiger partial charge in [0.2, 0.25) is 0 Å². The standard InChI is InChI=1S/C14H21NO2/c1-2-13(12-5-3-4-6-14(12)17)15-9-10-7-11(16)8-10/h3-6,10-11,13,15-17H,2,7-9H2,1H3. The highest BCUT2D eigenvalue weighted by Crippen LogP contribution is 2.29. The lowest BCUT2D eigenvalue weighted by molar-refractivity contribution is 0.0417. The molecule has 3 heteroatoms. The summed E-state index contributed by atoms with van der Waals surface area (Å²) < 4.78 is 0. The summed E-state index contributed by atoms with van der Waals surface area (Å²) in [5.41, 5.74) is 0.967. The Morgan fingerprint density at radius 2 is 2.06 bits per heavy atom. The normalized spacial score (nSPS) is 25.3. The molecular weight excluding hydrogens is 214 g/mol. The van der Waals surface area contributed by atoms with Crippen molar-refractivity contribution < 1.29 is 10.2 Å². The molecule has 2 rings (SSSR count). The average molecular weight is 235 g/mol. The third-order valence-corrected chi connectivity index (χ3v) is 3.58. The molecule has 0 amide bonds. The van der Waals surface area contributed by atoms with Crippen LogP contribution >= 0.6 is 0 Å². The van der Waals surface area contributed by atoms with E-state index in [1.807, 2.05) is 18.2 Å². The van der Waals surface area contributed by atoms with Gasteiger partial charge in [-0.05, 0) is 37.8 Å². The van der Waals surface area contributed by atoms with Crippen molar-refractivity contribution in [3.63, 3.8) is 0 Å². The van der Waals surface area contributed by atoms with Gasteiger partial charge in [-0.25, -0.2) is 0 Å². The van der Waals surface area contributed by atoms with Crippen molar-refractivity contribution in [2.75, 3.05) is 6.54 Å². The number of para-hydroxylation sites is 1. The Hall–Kier alpha value is -1.06. The number of rotatable bonds is 5. The van der Waals surface area contributed by atoms with Crippen LogP contribution in [0.3, 0.4) is 0 Å². The Morgan fingerprint density at radius 1 is 1.35 bits per heavy atom. The van der Waals surface area contributed by atoms with E-state index in [0.29, 0.717) is 11.7 Å². The molecule has 17 heavy (non-hydrogen) atoms. The number of nitrogens with one attached hydrogen (secondary N) is 1. The molecule has 1 atom stereocenters. The minimum Gasteiger partial charge on any atom is -0.508 e. The van der Waals surface area contributed by atoms with E-state index in [9.17, 15) is 10.2 Å². The number of aliphatic hydroxyl groups is 1. The molecule has 0 heterocycles. The van der Waals surface area contributed by atoms with Crippen LogP contribution in [0.1, 0.15) is 37.8 Å². The Kier molecular flexibility index (Phi) is 4.02. The van der Waals surface area contributed by atoms with E-state index < -0.39 is 0 Å². The van der Waals surface area contributed by atoms with Gasteiger partial charge in [0.15, 0.2) is 0 Å². The Balaban J connectivity index is 1.90. The number of aromatic hydroxyl groups is 1. The van der Waals surface area contributed by atoms with E-state index >= 15 is 0 Å². The molecular formula is C14H21NO2. The Bertz CT molecular complexity index is 361. The second-order valence-electron chi connectivity index (χ2n) is 4.92. The molecule has 1 aromatic carbocycles. The van der Waals surface area contributed by atoms with Crippen LogP contribution in [0.4, 0.5) is 0 Å². The first-order valence-corrected chi connectivity index (χ1v) is 6.40. The largest absolute Gasteiger partial charge is 0.508 e. The molecule has 1 unspecified atom stereocenters. The fraction of sp³-hybridized carbons (Fsp3) is 0.571. The predicted molar refractivity (Wildman–Crippen MR) is 67.9 cm³/mol. The van der Waals surface area contributed by atoms with E-state index in [-0.39, 0.29) is 12.1 Å². The molecule has 0 radical (unpaired) electrons. The van der Waals surface area contributed by atoms with Crippen LogP contribution in [-0.4, -0.2) is 22.9 Å². The van der Waals surface area contributed by atoms with Crippen molar-refractivity contribution in [3.05, 3.63) is 29.8 Å². The second-order valence-corrected chi connectivity index (χ2v) is 4.92. The van der Waals surface area contributed by atoms with Gasteiger partial charge in [0, 0.05) is 11.6 Å². The Labute approximate surface area is 102 Å². The molecule has 3 nitrogen and oxygen atoms in total. The fourth-order valence-electron chi connectivity index (χ4n) is 2.43. The fourth-order valence-corrected chi connectivity index (χ4v) is 2.43. The number of phenols is 1. The van der Waals surface area contributed by atoms with Gasteiger partial charge in [-0.15, -0.1) is 0 Å². The SMILES string of the molecule is CCC(NCC1CC(O)C1)c1ccccc1O. The zero-order valence-electron chi connectivity index (χ0n) is 10.3. The van der Waals surface area contributed by atoms with Crippen LogP contribution in [0, 0.1) is 5.92 Å². The van der Waals surface area contributed by atoms with Crippen molar-refractivity contribution in [1.82, 2.24) is 5.32 Å². The van der Waals surface area contributed by atoms with Crippen LogP contribution in [0.2, 0.25) is 0 Å². The molecule has 1 saturated carbocycles. The van der Waals surface area contributed by atoms with E-state index in [4.69, 9.17) is 0 Å². The van der Waals surface area contributed by atoms with Gasteiger partial charge in [-0.1, -0.05) is 25.1 Å². The number of benzene rings is 1. The van der Waals surface area contributed by atoms with Crippen LogP contribution in [0.5, 0.6) is 5.75 Å². The van der Waals surface area contributed by atoms with Gasteiger partial charge in [0.25, 0.3) is 0 Å². The predicted octanol–water partition coefficient (Wildman–Crippen LogP) is 2.20. The third-order valence-electron chi connectivity index (χ3n) is 3.58. The van der Waals surface area contributed by atoms with Gasteiger partial charge in [-0.3, -0.25) is 0 Å². The minimum atomic E-state index is -0.0907. The number of phenolic OH excluding ortho intramolecular Hbond substituents is 1. The van der Waals surface area contributed by atoms with Crippen LogP contribution < -0.4 is 5.32 Å². The molecule has 0 spiro atoms. The lowest BCUT2D eigenvalue weighted by Gasteiger charge is -2.33. The molecule has 1 fully saturated rings. The second kappa shape index (κ2) is 5.52. The molecule has 0 aliphatic heterocycles. The number of hydrogen-bond acceptors (Lipinski definition) is 3. The maximum absolute atomic E-state index is 9.81. The molecule has 0 saturated heterocycles. The minimum absolute atomic E-state index is 0.0907. The maximum atomic E-state index is 9.81. The first-order chi connectivity index (χ1) is 8.20. The van der Waals surface area contributed by atoms with Crippen LogP contribution in [0.25, 0.3) is 0 Å². The van der Waals surface area contributed by atoms with Crippen molar-refractivity contribution in [2.24, 2.45) is 5.92 Å². The van der Waals surface area contributed by atoms with Gasteiger partial charge in [0.1, 0.15) is 5.75 Å². The highest BCUT2D eigenvalue weighted by Gasteiger charge is 2.27. The van der Waals surface area contributed by atoms with E-state index in [1.54, 1.807) is 6.07 Å². The monoisotopic (exact) mass is 235 g/mol. The van der Waals surface area contributed by atoms with Crippen molar-refractivity contribution in [3.8, 4) is 5.75 Å².